The minimum Gasteiger partial charge on any atom is -0.446 e. The average molecular weight is 722 g/mol. The maximum Gasteiger partial charge on any atom is 0.407 e. The number of carbonyl (C=O) groups excluding carboxylic acids is 1. The van der Waals surface area contributed by atoms with E-state index in [2.05, 4.69) is 46.0 Å². The van der Waals surface area contributed by atoms with Gasteiger partial charge in [0.05, 0.1) is 52.4 Å². The van der Waals surface area contributed by atoms with E-state index in [1.807, 2.05) is 20.8 Å². The fourth-order valence-electron chi connectivity index (χ4n) is 10.3. The smallest absolute Gasteiger partial charge is 0.407 e. The summed E-state index contributed by atoms with van der Waals surface area (Å²) in [6.45, 7) is 22.9. The van der Waals surface area contributed by atoms with Crippen molar-refractivity contribution in [3.8, 4) is 0 Å². The molecule has 0 aliphatic heterocycles. The normalized spacial score (nSPS) is 31.0. The van der Waals surface area contributed by atoms with Crippen LogP contribution in [0.3, 0.4) is 0 Å². The summed E-state index contributed by atoms with van der Waals surface area (Å²) in [6.07, 6.45) is 17.3. The van der Waals surface area contributed by atoms with Gasteiger partial charge in [0.2, 0.25) is 0 Å². The second kappa shape index (κ2) is 22.9. The van der Waals surface area contributed by atoms with Crippen molar-refractivity contribution in [1.82, 2.24) is 5.32 Å². The highest BCUT2D eigenvalue weighted by molar-refractivity contribution is 5.67. The molecule has 0 spiro atoms. The van der Waals surface area contributed by atoms with Gasteiger partial charge in [-0.15, -0.1) is 0 Å². The molecule has 298 valence electrons. The van der Waals surface area contributed by atoms with Gasteiger partial charge in [0.15, 0.2) is 0 Å². The summed E-state index contributed by atoms with van der Waals surface area (Å²) in [4.78, 5) is 12.6. The van der Waals surface area contributed by atoms with Crippen molar-refractivity contribution in [2.75, 3.05) is 59.4 Å². The number of alkyl carbamates (subject to hydrolysis) is 1. The van der Waals surface area contributed by atoms with Crippen molar-refractivity contribution in [3.63, 3.8) is 0 Å². The van der Waals surface area contributed by atoms with Gasteiger partial charge in [-0.1, -0.05) is 86.3 Å². The van der Waals surface area contributed by atoms with E-state index in [0.717, 1.165) is 61.2 Å². The Labute approximate surface area is 312 Å². The lowest BCUT2D eigenvalue weighted by Crippen LogP contribution is -2.51. The van der Waals surface area contributed by atoms with Crippen LogP contribution in [0.1, 0.15) is 139 Å². The summed E-state index contributed by atoms with van der Waals surface area (Å²) in [5.41, 5.74) is 2.35. The lowest BCUT2D eigenvalue weighted by molar-refractivity contribution is -0.0581. The molecule has 8 nitrogen and oxygen atoms in total. The molecule has 51 heavy (non-hydrogen) atoms. The summed E-state index contributed by atoms with van der Waals surface area (Å²) < 4.78 is 27.9. The Bertz CT molecular complexity index is 1000. The molecule has 1 amide bonds. The second-order valence-electron chi connectivity index (χ2n) is 16.8. The molecule has 8 heteroatoms. The highest BCUT2D eigenvalue weighted by Crippen LogP contribution is 2.67. The molecule has 0 heterocycles. The number of amides is 1. The first-order chi connectivity index (χ1) is 24.6. The predicted octanol–water partition coefficient (Wildman–Crippen LogP) is 9.38. The molecular formula is C43H79NO7. The van der Waals surface area contributed by atoms with Crippen molar-refractivity contribution in [2.45, 2.75) is 151 Å². The zero-order valence-electron chi connectivity index (χ0n) is 34.1. The van der Waals surface area contributed by atoms with Crippen LogP contribution in [0.25, 0.3) is 0 Å². The number of fused-ring (bicyclic) bond motifs is 5. The standard InChI is InChI=1S/C41H73NO7.C2H6/c1-7-33(43)29-48-27-26-47-25-24-46-23-22-45-21-9-20-42-39(44)49-34-16-18-40(5)32(28-34)12-13-35-37-15-14-36(31(4)11-8-10-30(2)3)41(37,6)19-17-38(35)40;1-2/h12,30-31,33-38,43H,7-11,13-29H2,1-6H3,(H,42,44);1-2H3/t31?,33?,34-,35?,36?,37?,38?,40-,41+;/m0./s1. The predicted molar refractivity (Wildman–Crippen MR) is 207 cm³/mol. The molecule has 6 unspecified atom stereocenters. The van der Waals surface area contributed by atoms with Crippen LogP contribution in [-0.2, 0) is 23.7 Å². The van der Waals surface area contributed by atoms with E-state index in [1.165, 1.54) is 51.4 Å². The first-order valence-electron chi connectivity index (χ1n) is 21.2. The van der Waals surface area contributed by atoms with Crippen molar-refractivity contribution >= 4 is 6.09 Å². The Morgan fingerprint density at radius 2 is 1.53 bits per heavy atom. The van der Waals surface area contributed by atoms with E-state index < -0.39 is 6.10 Å². The van der Waals surface area contributed by atoms with E-state index in [1.54, 1.807) is 5.57 Å². The summed E-state index contributed by atoms with van der Waals surface area (Å²) in [7, 11) is 0. The zero-order chi connectivity index (χ0) is 37.3. The minimum absolute atomic E-state index is 0.0221. The fourth-order valence-corrected chi connectivity index (χ4v) is 10.3. The Hall–Kier alpha value is -1.19. The van der Waals surface area contributed by atoms with E-state index in [0.29, 0.717) is 71.2 Å². The number of hydrogen-bond acceptors (Lipinski definition) is 7. The molecule has 0 aromatic heterocycles. The highest BCUT2D eigenvalue weighted by Gasteiger charge is 2.59. The molecular weight excluding hydrogens is 642 g/mol. The SMILES string of the molecule is CC.CCC(O)COCCOCCOCCOCCCNC(=O)O[C@H]1CC[C@@]2(C)C(=CCC3C4CCC(C(C)CCCC(C)C)[C@@]4(C)CCC32)C1. The molecule has 4 aliphatic carbocycles. The van der Waals surface area contributed by atoms with Gasteiger partial charge in [-0.2, -0.15) is 0 Å². The van der Waals surface area contributed by atoms with Crippen LogP contribution in [0.15, 0.2) is 11.6 Å². The summed E-state index contributed by atoms with van der Waals surface area (Å²) in [6, 6.07) is 0. The molecule has 0 aromatic carbocycles. The zero-order valence-corrected chi connectivity index (χ0v) is 34.1. The number of aliphatic hydroxyl groups excluding tert-OH is 1. The van der Waals surface area contributed by atoms with Gasteiger partial charge in [-0.3, -0.25) is 0 Å². The third-order valence-electron chi connectivity index (χ3n) is 13.2. The quantitative estimate of drug-likeness (QED) is 0.0850. The lowest BCUT2D eigenvalue weighted by Gasteiger charge is -2.58. The molecule has 4 aliphatic rings. The number of hydrogen-bond donors (Lipinski definition) is 2. The Morgan fingerprint density at radius 1 is 0.863 bits per heavy atom. The molecule has 4 rings (SSSR count). The molecule has 0 bridgehead atoms. The monoisotopic (exact) mass is 722 g/mol. The van der Waals surface area contributed by atoms with Gasteiger partial charge in [-0.05, 0) is 104 Å². The van der Waals surface area contributed by atoms with Gasteiger partial charge in [-0.25, -0.2) is 4.79 Å². The van der Waals surface area contributed by atoms with Crippen LogP contribution >= 0.6 is 0 Å². The maximum absolute atomic E-state index is 12.6. The molecule has 2 N–H and O–H groups in total. The topological polar surface area (TPSA) is 95.5 Å². The van der Waals surface area contributed by atoms with Crippen LogP contribution in [0.5, 0.6) is 0 Å². The average Bonchev–Trinajstić information content (AvgIpc) is 3.48. The van der Waals surface area contributed by atoms with Crippen LogP contribution in [0, 0.1) is 46.3 Å². The number of nitrogens with one attached hydrogen (secondary N) is 1. The van der Waals surface area contributed by atoms with Crippen molar-refractivity contribution in [1.29, 1.82) is 0 Å². The number of allylic oxidation sites excluding steroid dienone is 1. The number of aliphatic hydroxyl groups is 1. The largest absolute Gasteiger partial charge is 0.446 e. The van der Waals surface area contributed by atoms with Crippen molar-refractivity contribution < 1.29 is 33.6 Å². The van der Waals surface area contributed by atoms with Crippen molar-refractivity contribution in [2.24, 2.45) is 46.3 Å². The maximum atomic E-state index is 12.6. The molecule has 0 aromatic rings. The number of rotatable bonds is 22. The first kappa shape index (κ1) is 44.2. The van der Waals surface area contributed by atoms with Gasteiger partial charge < -0.3 is 34.1 Å². The van der Waals surface area contributed by atoms with E-state index in [-0.39, 0.29) is 17.6 Å². The van der Waals surface area contributed by atoms with Gasteiger partial charge in [0.1, 0.15) is 6.10 Å². The molecule has 3 saturated carbocycles. The van der Waals surface area contributed by atoms with Crippen LogP contribution in [0.4, 0.5) is 4.79 Å². The van der Waals surface area contributed by atoms with Gasteiger partial charge in [0, 0.05) is 19.6 Å². The van der Waals surface area contributed by atoms with Crippen molar-refractivity contribution in [3.05, 3.63) is 11.6 Å². The minimum atomic E-state index is -0.401. The van der Waals surface area contributed by atoms with E-state index in [9.17, 15) is 9.90 Å². The third kappa shape index (κ3) is 13.0. The van der Waals surface area contributed by atoms with Crippen LogP contribution < -0.4 is 5.32 Å². The Kier molecular flexibility index (Phi) is 19.8. The fraction of sp³-hybridized carbons (Fsp3) is 0.930. The van der Waals surface area contributed by atoms with Crippen LogP contribution in [-0.4, -0.2) is 82.8 Å². The van der Waals surface area contributed by atoms with E-state index in [4.69, 9.17) is 23.7 Å². The number of ether oxygens (including phenoxy) is 5. The number of carbonyl (C=O) groups is 1. The third-order valence-corrected chi connectivity index (χ3v) is 13.2. The van der Waals surface area contributed by atoms with Gasteiger partial charge in [0.25, 0.3) is 0 Å². The van der Waals surface area contributed by atoms with Gasteiger partial charge >= 0.3 is 6.09 Å². The Balaban J connectivity index is 0.00000345. The highest BCUT2D eigenvalue weighted by atomic mass is 16.6. The summed E-state index contributed by atoms with van der Waals surface area (Å²) in [5.74, 6) is 5.05. The summed E-state index contributed by atoms with van der Waals surface area (Å²) >= 11 is 0. The second-order valence-corrected chi connectivity index (χ2v) is 16.8. The van der Waals surface area contributed by atoms with Crippen LogP contribution in [0.2, 0.25) is 0 Å². The Morgan fingerprint density at radius 3 is 2.20 bits per heavy atom. The molecule has 0 radical (unpaired) electrons. The molecule has 9 atom stereocenters. The molecule has 0 saturated heterocycles. The first-order valence-corrected chi connectivity index (χ1v) is 21.2. The summed E-state index contributed by atoms with van der Waals surface area (Å²) in [5, 5.41) is 12.4. The van der Waals surface area contributed by atoms with E-state index >= 15 is 0 Å². The lowest BCUT2D eigenvalue weighted by atomic mass is 9.47. The molecule has 3 fully saturated rings.